The third-order valence-electron chi connectivity index (χ3n) is 5.51. The van der Waals surface area contributed by atoms with Gasteiger partial charge in [-0.15, -0.1) is 0 Å². The number of hydrogen-bond acceptors (Lipinski definition) is 1. The van der Waals surface area contributed by atoms with Crippen molar-refractivity contribution in [2.45, 2.75) is 143 Å². The van der Waals surface area contributed by atoms with Gasteiger partial charge in [0.15, 0.2) is 0 Å². The maximum Gasteiger partial charge on any atom is 0.135 e. The van der Waals surface area contributed by atoms with Crippen LogP contribution in [-0.4, -0.2) is 5.78 Å². The van der Waals surface area contributed by atoms with Crippen LogP contribution < -0.4 is 0 Å². The zero-order chi connectivity index (χ0) is 18.6. The van der Waals surface area contributed by atoms with Crippen LogP contribution in [0.3, 0.4) is 0 Å². The van der Waals surface area contributed by atoms with Gasteiger partial charge in [0.25, 0.3) is 0 Å². The maximum atomic E-state index is 12.3. The van der Waals surface area contributed by atoms with Gasteiger partial charge in [-0.25, -0.2) is 0 Å². The summed E-state index contributed by atoms with van der Waals surface area (Å²) in [5.41, 5.74) is 0. The molecule has 1 heteroatoms. The van der Waals surface area contributed by atoms with Crippen molar-refractivity contribution in [1.82, 2.24) is 0 Å². The first-order valence-electron chi connectivity index (χ1n) is 11.8. The Bertz CT molecular complexity index is 271. The number of carbonyl (C=O) groups is 1. The van der Waals surface area contributed by atoms with E-state index in [0.29, 0.717) is 11.7 Å². The maximum absolute atomic E-state index is 12.3. The third kappa shape index (κ3) is 16.9. The second-order valence-corrected chi connectivity index (χ2v) is 8.09. The van der Waals surface area contributed by atoms with Crippen LogP contribution in [0, 0.1) is 5.92 Å². The minimum absolute atomic E-state index is 0.370. The summed E-state index contributed by atoms with van der Waals surface area (Å²) < 4.78 is 0. The number of carbonyl (C=O) groups excluding carboxylic acids is 1. The van der Waals surface area contributed by atoms with Gasteiger partial charge in [0.05, 0.1) is 0 Å². The molecule has 0 bridgehead atoms. The minimum atomic E-state index is 0.370. The molecule has 0 spiro atoms. The van der Waals surface area contributed by atoms with Crippen molar-refractivity contribution >= 4 is 5.78 Å². The van der Waals surface area contributed by atoms with E-state index in [2.05, 4.69) is 20.8 Å². The summed E-state index contributed by atoms with van der Waals surface area (Å²) in [5.74, 6) is 0.913. The quantitative estimate of drug-likeness (QED) is 0.200. The fraction of sp³-hybridized carbons (Fsp3) is 0.958. The van der Waals surface area contributed by atoms with Crippen LogP contribution in [0.25, 0.3) is 0 Å². The summed E-state index contributed by atoms with van der Waals surface area (Å²) in [6.07, 6.45) is 24.7. The largest absolute Gasteiger partial charge is 0.299 e. The molecule has 0 rings (SSSR count). The van der Waals surface area contributed by atoms with Crippen LogP contribution in [0.2, 0.25) is 0 Å². The number of Topliss-reactive ketones (excluding diaryl/α,β-unsaturated/α-hetero) is 1. The second kappa shape index (κ2) is 20.0. The standard InChI is InChI=1S/C24H48O/c1-4-7-9-10-11-12-13-14-15-16-17-19-22-23(21-18-8-5-2)24(25)20-6-3/h23H,4-22H2,1-3H3. The highest BCUT2D eigenvalue weighted by molar-refractivity contribution is 5.80. The van der Waals surface area contributed by atoms with Crippen molar-refractivity contribution in [2.75, 3.05) is 0 Å². The number of ketones is 1. The third-order valence-corrected chi connectivity index (χ3v) is 5.51. The Morgan fingerprint density at radius 2 is 0.880 bits per heavy atom. The smallest absolute Gasteiger partial charge is 0.135 e. The summed E-state index contributed by atoms with van der Waals surface area (Å²) in [6.45, 7) is 6.66. The molecular formula is C24H48O. The molecule has 1 unspecified atom stereocenters. The zero-order valence-electron chi connectivity index (χ0n) is 17.9. The molecule has 0 saturated carbocycles. The number of hydrogen-bond donors (Lipinski definition) is 0. The topological polar surface area (TPSA) is 17.1 Å². The molecule has 25 heavy (non-hydrogen) atoms. The van der Waals surface area contributed by atoms with E-state index < -0.39 is 0 Å². The van der Waals surface area contributed by atoms with E-state index in [4.69, 9.17) is 0 Å². The van der Waals surface area contributed by atoms with Gasteiger partial charge in [0.2, 0.25) is 0 Å². The molecule has 150 valence electrons. The lowest BCUT2D eigenvalue weighted by atomic mass is 9.89. The van der Waals surface area contributed by atoms with Gasteiger partial charge in [-0.05, 0) is 19.3 Å². The molecular weight excluding hydrogens is 304 g/mol. The van der Waals surface area contributed by atoms with E-state index in [9.17, 15) is 4.79 Å². The Balaban J connectivity index is 3.55. The van der Waals surface area contributed by atoms with Crippen LogP contribution in [-0.2, 0) is 4.79 Å². The molecule has 0 fully saturated rings. The van der Waals surface area contributed by atoms with Gasteiger partial charge >= 0.3 is 0 Å². The average molecular weight is 353 g/mol. The van der Waals surface area contributed by atoms with Crippen LogP contribution in [0.5, 0.6) is 0 Å². The van der Waals surface area contributed by atoms with E-state index in [1.807, 2.05) is 0 Å². The highest BCUT2D eigenvalue weighted by Gasteiger charge is 2.16. The first kappa shape index (κ1) is 24.7. The molecule has 0 heterocycles. The lowest BCUT2D eigenvalue weighted by Gasteiger charge is -2.15. The highest BCUT2D eigenvalue weighted by Crippen LogP contribution is 2.21. The van der Waals surface area contributed by atoms with Crippen LogP contribution >= 0.6 is 0 Å². The van der Waals surface area contributed by atoms with Gasteiger partial charge in [0, 0.05) is 12.3 Å². The number of unbranched alkanes of at least 4 members (excludes halogenated alkanes) is 13. The monoisotopic (exact) mass is 352 g/mol. The van der Waals surface area contributed by atoms with Crippen LogP contribution in [0.4, 0.5) is 0 Å². The van der Waals surface area contributed by atoms with E-state index in [1.54, 1.807) is 0 Å². The molecule has 0 aliphatic carbocycles. The molecule has 0 aromatic carbocycles. The molecule has 0 aromatic rings. The van der Waals surface area contributed by atoms with Crippen molar-refractivity contribution in [3.05, 3.63) is 0 Å². The van der Waals surface area contributed by atoms with Gasteiger partial charge in [-0.2, -0.15) is 0 Å². The van der Waals surface area contributed by atoms with Crippen molar-refractivity contribution in [3.63, 3.8) is 0 Å². The Morgan fingerprint density at radius 1 is 0.520 bits per heavy atom. The first-order chi connectivity index (χ1) is 12.3. The van der Waals surface area contributed by atoms with E-state index in [-0.39, 0.29) is 0 Å². The van der Waals surface area contributed by atoms with Crippen molar-refractivity contribution in [1.29, 1.82) is 0 Å². The summed E-state index contributed by atoms with van der Waals surface area (Å²) in [7, 11) is 0. The van der Waals surface area contributed by atoms with Crippen LogP contribution in [0.1, 0.15) is 143 Å². The Morgan fingerprint density at radius 3 is 1.32 bits per heavy atom. The van der Waals surface area contributed by atoms with Crippen LogP contribution in [0.15, 0.2) is 0 Å². The summed E-state index contributed by atoms with van der Waals surface area (Å²) in [4.78, 5) is 12.3. The SMILES string of the molecule is CCCCCCCCCCCCCCC(CCCCC)C(=O)CCC. The second-order valence-electron chi connectivity index (χ2n) is 8.09. The van der Waals surface area contributed by atoms with Gasteiger partial charge in [-0.3, -0.25) is 4.79 Å². The van der Waals surface area contributed by atoms with Gasteiger partial charge in [0.1, 0.15) is 5.78 Å². The molecule has 0 N–H and O–H groups in total. The zero-order valence-corrected chi connectivity index (χ0v) is 17.9. The van der Waals surface area contributed by atoms with Gasteiger partial charge in [-0.1, -0.05) is 117 Å². The van der Waals surface area contributed by atoms with Crippen molar-refractivity contribution < 1.29 is 4.79 Å². The molecule has 0 aromatic heterocycles. The lowest BCUT2D eigenvalue weighted by molar-refractivity contribution is -0.123. The molecule has 0 amide bonds. The fourth-order valence-electron chi connectivity index (χ4n) is 3.79. The van der Waals surface area contributed by atoms with Crippen molar-refractivity contribution in [2.24, 2.45) is 5.92 Å². The minimum Gasteiger partial charge on any atom is -0.299 e. The first-order valence-corrected chi connectivity index (χ1v) is 11.8. The Kier molecular flexibility index (Phi) is 19.7. The number of rotatable bonds is 20. The molecule has 1 atom stereocenters. The molecule has 0 saturated heterocycles. The summed E-state index contributed by atoms with van der Waals surface area (Å²) in [5, 5.41) is 0. The predicted octanol–water partition coefficient (Wildman–Crippen LogP) is 8.64. The van der Waals surface area contributed by atoms with Crippen molar-refractivity contribution in [3.8, 4) is 0 Å². The molecule has 1 nitrogen and oxygen atoms in total. The average Bonchev–Trinajstić information content (AvgIpc) is 2.61. The molecule has 0 aliphatic rings. The Hall–Kier alpha value is -0.330. The predicted molar refractivity (Wildman–Crippen MR) is 113 cm³/mol. The fourth-order valence-corrected chi connectivity index (χ4v) is 3.79. The normalized spacial score (nSPS) is 12.4. The van der Waals surface area contributed by atoms with E-state index in [1.165, 1.54) is 96.3 Å². The summed E-state index contributed by atoms with van der Waals surface area (Å²) >= 11 is 0. The molecule has 0 aliphatic heterocycles. The molecule has 0 radical (unpaired) electrons. The summed E-state index contributed by atoms with van der Waals surface area (Å²) in [6, 6.07) is 0. The lowest BCUT2D eigenvalue weighted by Crippen LogP contribution is -2.14. The van der Waals surface area contributed by atoms with Gasteiger partial charge < -0.3 is 0 Å². The Labute approximate surface area is 159 Å². The highest BCUT2D eigenvalue weighted by atomic mass is 16.1. The van der Waals surface area contributed by atoms with E-state index in [0.717, 1.165) is 25.7 Å². The van der Waals surface area contributed by atoms with E-state index >= 15 is 0 Å².